The lowest BCUT2D eigenvalue weighted by atomic mass is 10.1. The van der Waals surface area contributed by atoms with Crippen LogP contribution in [0.2, 0.25) is 0 Å². The Morgan fingerprint density at radius 1 is 1.15 bits per heavy atom. The first-order valence-electron chi connectivity index (χ1n) is 7.90. The fourth-order valence-electron chi connectivity index (χ4n) is 2.66. The lowest BCUT2D eigenvalue weighted by Gasteiger charge is -2.06. The number of rotatable bonds is 4. The summed E-state index contributed by atoms with van der Waals surface area (Å²) in [4.78, 5) is 11.0. The first-order chi connectivity index (χ1) is 12.7. The molecular weight excluding hydrogens is 361 g/mol. The minimum absolute atomic E-state index is 0.155. The van der Waals surface area contributed by atoms with Crippen LogP contribution < -0.4 is 4.74 Å². The largest absolute Gasteiger partial charge is 0.493 e. The second kappa shape index (κ2) is 6.83. The molecule has 1 aromatic heterocycles. The fourth-order valence-corrected chi connectivity index (χ4v) is 2.66. The highest BCUT2D eigenvalue weighted by molar-refractivity contribution is 5.94. The molecule has 3 aromatic rings. The van der Waals surface area contributed by atoms with Gasteiger partial charge < -0.3 is 14.3 Å². The van der Waals surface area contributed by atoms with Crippen molar-refractivity contribution in [3.05, 3.63) is 59.2 Å². The van der Waals surface area contributed by atoms with Gasteiger partial charge in [-0.25, -0.2) is 4.79 Å². The van der Waals surface area contributed by atoms with E-state index >= 15 is 0 Å². The summed E-state index contributed by atoms with van der Waals surface area (Å²) in [5.41, 5.74) is 0.941. The van der Waals surface area contributed by atoms with E-state index in [-0.39, 0.29) is 5.57 Å². The quantitative estimate of drug-likeness (QED) is 0.601. The number of methoxy groups -OCH3 is 1. The monoisotopic (exact) mass is 376 g/mol. The smallest absolute Gasteiger partial charge is 0.416 e. The van der Waals surface area contributed by atoms with Crippen LogP contribution in [0, 0.1) is 0 Å². The Labute approximate surface area is 152 Å². The van der Waals surface area contributed by atoms with Gasteiger partial charge in [-0.1, -0.05) is 12.1 Å². The zero-order valence-corrected chi connectivity index (χ0v) is 14.4. The third kappa shape index (κ3) is 3.81. The topological polar surface area (TPSA) is 59.7 Å². The van der Waals surface area contributed by atoms with Crippen molar-refractivity contribution in [1.82, 2.24) is 0 Å². The Kier molecular flexibility index (Phi) is 4.70. The van der Waals surface area contributed by atoms with E-state index < -0.39 is 17.7 Å². The van der Waals surface area contributed by atoms with Gasteiger partial charge in [0.15, 0.2) is 11.3 Å². The summed E-state index contributed by atoms with van der Waals surface area (Å²) < 4.78 is 49.2. The summed E-state index contributed by atoms with van der Waals surface area (Å²) in [5, 5.41) is 9.66. The van der Waals surface area contributed by atoms with Crippen LogP contribution in [0.4, 0.5) is 13.2 Å². The fraction of sp³-hybridized carbons (Fsp3) is 0.150. The number of carboxylic acid groups (broad SMARTS) is 1. The number of ether oxygens (including phenoxy) is 1. The third-order valence-corrected chi connectivity index (χ3v) is 4.04. The molecule has 1 N–H and O–H groups in total. The summed E-state index contributed by atoms with van der Waals surface area (Å²) >= 11 is 0. The molecular formula is C20H15F3O4. The molecule has 0 saturated carbocycles. The highest BCUT2D eigenvalue weighted by atomic mass is 19.4. The van der Waals surface area contributed by atoms with Crippen molar-refractivity contribution in [1.29, 1.82) is 0 Å². The Morgan fingerprint density at radius 3 is 2.37 bits per heavy atom. The van der Waals surface area contributed by atoms with Gasteiger partial charge >= 0.3 is 12.1 Å². The molecule has 0 aliphatic heterocycles. The van der Waals surface area contributed by atoms with Gasteiger partial charge in [-0.3, -0.25) is 0 Å². The molecule has 0 atom stereocenters. The molecule has 27 heavy (non-hydrogen) atoms. The summed E-state index contributed by atoms with van der Waals surface area (Å²) in [6.45, 7) is 1.47. The zero-order valence-electron chi connectivity index (χ0n) is 14.4. The molecule has 0 saturated heterocycles. The molecule has 3 rings (SSSR count). The second-order valence-electron chi connectivity index (χ2n) is 5.96. The van der Waals surface area contributed by atoms with Crippen LogP contribution in [0.5, 0.6) is 5.75 Å². The molecule has 0 radical (unpaired) electrons. The van der Waals surface area contributed by atoms with E-state index in [9.17, 15) is 18.0 Å². The van der Waals surface area contributed by atoms with Gasteiger partial charge in [-0.2, -0.15) is 13.2 Å². The summed E-state index contributed by atoms with van der Waals surface area (Å²) in [5.74, 6) is -0.255. The predicted molar refractivity (Wildman–Crippen MR) is 94.5 cm³/mol. The Bertz CT molecular complexity index is 1030. The standard InChI is InChI=1S/C20H15F3O4/c1-11(19(24)25)7-12-8-14-10-16(27-18(14)17(9-12)26-2)13-3-5-15(6-4-13)20(21,22)23/h3-10H,1-2H3,(H,24,25). The number of alkyl halides is 3. The highest BCUT2D eigenvalue weighted by Crippen LogP contribution is 2.36. The van der Waals surface area contributed by atoms with Crippen LogP contribution >= 0.6 is 0 Å². The van der Waals surface area contributed by atoms with Crippen molar-refractivity contribution in [2.24, 2.45) is 0 Å². The van der Waals surface area contributed by atoms with Gasteiger partial charge in [-0.15, -0.1) is 0 Å². The maximum Gasteiger partial charge on any atom is 0.416 e. The molecule has 0 spiro atoms. The van der Waals surface area contributed by atoms with E-state index in [2.05, 4.69) is 0 Å². The molecule has 1 heterocycles. The van der Waals surface area contributed by atoms with Crippen molar-refractivity contribution < 1.29 is 32.2 Å². The van der Waals surface area contributed by atoms with Gasteiger partial charge in [-0.05, 0) is 48.9 Å². The van der Waals surface area contributed by atoms with E-state index in [0.717, 1.165) is 12.1 Å². The van der Waals surface area contributed by atoms with Gasteiger partial charge in [0.25, 0.3) is 0 Å². The minimum atomic E-state index is -4.40. The van der Waals surface area contributed by atoms with Crippen molar-refractivity contribution in [2.45, 2.75) is 13.1 Å². The minimum Gasteiger partial charge on any atom is -0.493 e. The Balaban J connectivity index is 2.06. The number of carboxylic acids is 1. The van der Waals surface area contributed by atoms with Crippen molar-refractivity contribution >= 4 is 23.0 Å². The number of fused-ring (bicyclic) bond motifs is 1. The number of hydrogen-bond donors (Lipinski definition) is 1. The molecule has 0 bridgehead atoms. The summed E-state index contributed by atoms with van der Waals surface area (Å²) in [6, 6.07) is 9.68. The molecule has 2 aromatic carbocycles. The molecule has 0 aliphatic rings. The third-order valence-electron chi connectivity index (χ3n) is 4.04. The van der Waals surface area contributed by atoms with E-state index in [4.69, 9.17) is 14.3 Å². The maximum absolute atomic E-state index is 12.7. The average Bonchev–Trinajstić information content (AvgIpc) is 3.04. The van der Waals surface area contributed by atoms with Gasteiger partial charge in [0.1, 0.15) is 5.76 Å². The molecule has 0 amide bonds. The van der Waals surface area contributed by atoms with Crippen LogP contribution in [0.15, 0.2) is 52.5 Å². The van der Waals surface area contributed by atoms with Crippen LogP contribution in [-0.4, -0.2) is 18.2 Å². The van der Waals surface area contributed by atoms with Gasteiger partial charge in [0.2, 0.25) is 0 Å². The average molecular weight is 376 g/mol. The van der Waals surface area contributed by atoms with Crippen molar-refractivity contribution in [3.63, 3.8) is 0 Å². The summed E-state index contributed by atoms with van der Waals surface area (Å²) in [7, 11) is 1.45. The highest BCUT2D eigenvalue weighted by Gasteiger charge is 2.30. The zero-order chi connectivity index (χ0) is 19.8. The molecule has 0 unspecified atom stereocenters. The van der Waals surface area contributed by atoms with Crippen molar-refractivity contribution in [2.75, 3.05) is 7.11 Å². The van der Waals surface area contributed by atoms with Crippen molar-refractivity contribution in [3.8, 4) is 17.1 Å². The van der Waals surface area contributed by atoms with Crippen LogP contribution in [0.1, 0.15) is 18.1 Å². The molecule has 0 aliphatic carbocycles. The number of halogens is 3. The van der Waals surface area contributed by atoms with E-state index in [1.807, 2.05) is 0 Å². The Hall–Kier alpha value is -3.22. The van der Waals surface area contributed by atoms with Crippen LogP contribution in [-0.2, 0) is 11.0 Å². The lowest BCUT2D eigenvalue weighted by molar-refractivity contribution is -0.137. The van der Waals surface area contributed by atoms with E-state index in [1.54, 1.807) is 18.2 Å². The van der Waals surface area contributed by atoms with Crippen LogP contribution in [0.25, 0.3) is 28.4 Å². The second-order valence-corrected chi connectivity index (χ2v) is 5.96. The first kappa shape index (κ1) is 18.6. The maximum atomic E-state index is 12.7. The predicted octanol–water partition coefficient (Wildman–Crippen LogP) is 5.62. The normalized spacial score (nSPS) is 12.4. The van der Waals surface area contributed by atoms with E-state index in [0.29, 0.717) is 33.6 Å². The van der Waals surface area contributed by atoms with E-state index in [1.165, 1.54) is 32.2 Å². The van der Waals surface area contributed by atoms with Crippen LogP contribution in [0.3, 0.4) is 0 Å². The molecule has 140 valence electrons. The molecule has 7 heteroatoms. The SMILES string of the molecule is COc1cc(C=C(C)C(=O)O)cc2cc(-c3ccc(C(F)(F)F)cc3)oc12. The number of aliphatic carboxylic acids is 1. The lowest BCUT2D eigenvalue weighted by Crippen LogP contribution is -2.03. The molecule has 4 nitrogen and oxygen atoms in total. The number of furan rings is 1. The number of hydrogen-bond acceptors (Lipinski definition) is 3. The van der Waals surface area contributed by atoms with Gasteiger partial charge in [0, 0.05) is 16.5 Å². The Morgan fingerprint density at radius 2 is 1.81 bits per heavy atom. The number of benzene rings is 2. The molecule has 0 fully saturated rings. The summed E-state index contributed by atoms with van der Waals surface area (Å²) in [6.07, 6.45) is -2.91. The first-order valence-corrected chi connectivity index (χ1v) is 7.90. The van der Waals surface area contributed by atoms with Gasteiger partial charge in [0.05, 0.1) is 12.7 Å². The number of carbonyl (C=O) groups is 1.